The number of carbonyl (C=O) groups excluding carboxylic acids is 1. The number of rotatable bonds is 9. The first-order chi connectivity index (χ1) is 18.8. The number of esters is 1. The lowest BCUT2D eigenvalue weighted by Gasteiger charge is -2.37. The first kappa shape index (κ1) is 24.7. The Morgan fingerprint density at radius 1 is 0.711 bits per heavy atom. The highest BCUT2D eigenvalue weighted by Crippen LogP contribution is 2.40. The van der Waals surface area contributed by atoms with Gasteiger partial charge in [-0.25, -0.2) is 9.78 Å². The zero-order valence-corrected chi connectivity index (χ0v) is 20.9. The van der Waals surface area contributed by atoms with Gasteiger partial charge >= 0.3 is 5.97 Å². The van der Waals surface area contributed by atoms with E-state index in [2.05, 4.69) is 82.3 Å². The Morgan fingerprint density at radius 2 is 1.21 bits per heavy atom. The highest BCUT2D eigenvalue weighted by atomic mass is 16.5. The fraction of sp³-hybridized carbons (Fsp3) is 0.0588. The molecule has 5 aromatic rings. The van der Waals surface area contributed by atoms with E-state index < -0.39 is 5.54 Å². The van der Waals surface area contributed by atoms with Crippen LogP contribution < -0.4 is 0 Å². The van der Waals surface area contributed by atoms with Gasteiger partial charge in [0.05, 0.1) is 12.0 Å². The van der Waals surface area contributed by atoms with E-state index in [1.54, 1.807) is 12.2 Å². The van der Waals surface area contributed by atoms with Gasteiger partial charge in [0, 0.05) is 12.3 Å². The zero-order chi connectivity index (χ0) is 26.0. The molecule has 0 atom stereocenters. The number of aromatic nitrogens is 2. The van der Waals surface area contributed by atoms with E-state index in [1.807, 2.05) is 67.1 Å². The molecule has 0 aliphatic heterocycles. The summed E-state index contributed by atoms with van der Waals surface area (Å²) < 4.78 is 7.47. The molecule has 0 aliphatic carbocycles. The fourth-order valence-electron chi connectivity index (χ4n) is 4.67. The molecule has 0 spiro atoms. The van der Waals surface area contributed by atoms with Crippen molar-refractivity contribution in [2.24, 2.45) is 0 Å². The maximum Gasteiger partial charge on any atom is 0.331 e. The van der Waals surface area contributed by atoms with Crippen LogP contribution in [0.1, 0.15) is 27.9 Å². The molecule has 186 valence electrons. The molecule has 0 N–H and O–H groups in total. The third-order valence-corrected chi connectivity index (χ3v) is 6.39. The molecule has 0 radical (unpaired) electrons. The molecule has 0 amide bonds. The van der Waals surface area contributed by atoms with Crippen LogP contribution in [-0.2, 0) is 15.1 Å². The van der Waals surface area contributed by atoms with E-state index in [9.17, 15) is 4.79 Å². The van der Waals surface area contributed by atoms with Gasteiger partial charge in [-0.1, -0.05) is 121 Å². The Morgan fingerprint density at radius 3 is 1.74 bits per heavy atom. The molecule has 1 aromatic heterocycles. The molecule has 5 rings (SSSR count). The number of ether oxygens (including phenoxy) is 1. The topological polar surface area (TPSA) is 44.1 Å². The molecule has 0 fully saturated rings. The van der Waals surface area contributed by atoms with Gasteiger partial charge in [0.1, 0.15) is 12.1 Å². The Labute approximate surface area is 223 Å². The molecular weight excluding hydrogens is 468 g/mol. The highest BCUT2D eigenvalue weighted by Gasteiger charge is 2.38. The number of nitrogens with zero attached hydrogens (tertiary/aromatic N) is 2. The standard InChI is InChI=1S/C34H28N2O2/c37-33(24-23-28-14-5-1-6-15-28)38-25-13-22-32-26-36(27-35-32)34(29-16-7-2-8-17-29,30-18-9-3-10-19-30)31-20-11-4-12-21-31/h1-24,26-27H,25H2/b22-13+,24-23+. The first-order valence-electron chi connectivity index (χ1n) is 12.5. The van der Waals surface area contributed by atoms with Gasteiger partial charge < -0.3 is 9.30 Å². The van der Waals surface area contributed by atoms with Gasteiger partial charge in [0.25, 0.3) is 0 Å². The lowest BCUT2D eigenvalue weighted by molar-refractivity contribution is -0.136. The maximum atomic E-state index is 12.1. The van der Waals surface area contributed by atoms with Crippen molar-refractivity contribution >= 4 is 18.1 Å². The molecular formula is C34H28N2O2. The Kier molecular flexibility index (Phi) is 7.71. The van der Waals surface area contributed by atoms with Crippen LogP contribution in [0.15, 0.2) is 146 Å². The van der Waals surface area contributed by atoms with E-state index in [0.717, 1.165) is 27.9 Å². The minimum absolute atomic E-state index is 0.159. The van der Waals surface area contributed by atoms with Crippen LogP contribution in [-0.4, -0.2) is 22.1 Å². The number of hydrogen-bond acceptors (Lipinski definition) is 3. The largest absolute Gasteiger partial charge is 0.458 e. The quantitative estimate of drug-likeness (QED) is 0.125. The van der Waals surface area contributed by atoms with E-state index in [1.165, 1.54) is 6.08 Å². The van der Waals surface area contributed by atoms with Crippen molar-refractivity contribution in [2.75, 3.05) is 6.61 Å². The van der Waals surface area contributed by atoms with Gasteiger partial charge in [-0.15, -0.1) is 0 Å². The van der Waals surface area contributed by atoms with Crippen LogP contribution in [0.5, 0.6) is 0 Å². The lowest BCUT2D eigenvalue weighted by Crippen LogP contribution is -2.36. The Balaban J connectivity index is 1.41. The van der Waals surface area contributed by atoms with Crippen molar-refractivity contribution in [1.29, 1.82) is 0 Å². The van der Waals surface area contributed by atoms with E-state index in [-0.39, 0.29) is 12.6 Å². The van der Waals surface area contributed by atoms with E-state index >= 15 is 0 Å². The number of imidazole rings is 1. The van der Waals surface area contributed by atoms with Crippen molar-refractivity contribution in [3.63, 3.8) is 0 Å². The molecule has 4 aromatic carbocycles. The second-order valence-corrected chi connectivity index (χ2v) is 8.79. The highest BCUT2D eigenvalue weighted by molar-refractivity contribution is 5.87. The Hall–Kier alpha value is -4.96. The average molecular weight is 497 g/mol. The van der Waals surface area contributed by atoms with Crippen LogP contribution in [0.3, 0.4) is 0 Å². The molecule has 0 aliphatic rings. The summed E-state index contributed by atoms with van der Waals surface area (Å²) in [5, 5.41) is 0. The third-order valence-electron chi connectivity index (χ3n) is 6.39. The average Bonchev–Trinajstić information content (AvgIpc) is 3.46. The molecule has 38 heavy (non-hydrogen) atoms. The minimum atomic E-state index is -0.614. The summed E-state index contributed by atoms with van der Waals surface area (Å²) in [6, 6.07) is 41.0. The van der Waals surface area contributed by atoms with Crippen LogP contribution in [0, 0.1) is 0 Å². The zero-order valence-electron chi connectivity index (χ0n) is 20.9. The lowest BCUT2D eigenvalue weighted by atomic mass is 9.77. The number of carbonyl (C=O) groups is 1. The van der Waals surface area contributed by atoms with Gasteiger partial charge in [-0.05, 0) is 40.5 Å². The summed E-state index contributed by atoms with van der Waals surface area (Å²) in [6.45, 7) is 0.159. The summed E-state index contributed by atoms with van der Waals surface area (Å²) in [5.41, 5.74) is 4.49. The molecule has 4 nitrogen and oxygen atoms in total. The molecule has 1 heterocycles. The maximum absolute atomic E-state index is 12.1. The van der Waals surface area contributed by atoms with E-state index in [4.69, 9.17) is 4.74 Å². The van der Waals surface area contributed by atoms with Crippen LogP contribution in [0.2, 0.25) is 0 Å². The predicted octanol–water partition coefficient (Wildman–Crippen LogP) is 6.99. The summed E-state index contributed by atoms with van der Waals surface area (Å²) in [6.07, 6.45) is 10.7. The molecule has 0 saturated heterocycles. The second kappa shape index (κ2) is 11.8. The summed E-state index contributed by atoms with van der Waals surface area (Å²) in [5.74, 6) is -0.389. The summed E-state index contributed by atoms with van der Waals surface area (Å²) in [7, 11) is 0. The first-order valence-corrected chi connectivity index (χ1v) is 12.5. The third kappa shape index (κ3) is 5.40. The minimum Gasteiger partial charge on any atom is -0.458 e. The fourth-order valence-corrected chi connectivity index (χ4v) is 4.67. The van der Waals surface area contributed by atoms with Gasteiger partial charge in [0.15, 0.2) is 0 Å². The van der Waals surface area contributed by atoms with Crippen LogP contribution in [0.25, 0.3) is 12.2 Å². The molecule has 0 saturated carbocycles. The number of benzene rings is 4. The van der Waals surface area contributed by atoms with Crippen molar-refractivity contribution in [3.05, 3.63) is 174 Å². The summed E-state index contributed by atoms with van der Waals surface area (Å²) >= 11 is 0. The Bertz CT molecular complexity index is 1410. The SMILES string of the molecule is O=C(/C=C/c1ccccc1)OC/C=C/c1cn(C(c2ccccc2)(c2ccccc2)c2ccccc2)cn1. The predicted molar refractivity (Wildman–Crippen MR) is 152 cm³/mol. The van der Waals surface area contributed by atoms with Crippen molar-refractivity contribution in [1.82, 2.24) is 9.55 Å². The number of hydrogen-bond donors (Lipinski definition) is 0. The molecule has 0 unspecified atom stereocenters. The molecule has 0 bridgehead atoms. The van der Waals surface area contributed by atoms with Crippen molar-refractivity contribution in [2.45, 2.75) is 5.54 Å². The van der Waals surface area contributed by atoms with Crippen LogP contribution >= 0.6 is 0 Å². The molecule has 4 heteroatoms. The second-order valence-electron chi connectivity index (χ2n) is 8.79. The van der Waals surface area contributed by atoms with Crippen molar-refractivity contribution in [3.8, 4) is 0 Å². The van der Waals surface area contributed by atoms with E-state index in [0.29, 0.717) is 0 Å². The van der Waals surface area contributed by atoms with Gasteiger partial charge in [0.2, 0.25) is 0 Å². The van der Waals surface area contributed by atoms with Gasteiger partial charge in [-0.3, -0.25) is 0 Å². The monoisotopic (exact) mass is 496 g/mol. The summed E-state index contributed by atoms with van der Waals surface area (Å²) in [4.78, 5) is 16.7. The van der Waals surface area contributed by atoms with Crippen molar-refractivity contribution < 1.29 is 9.53 Å². The smallest absolute Gasteiger partial charge is 0.331 e. The van der Waals surface area contributed by atoms with Crippen LogP contribution in [0.4, 0.5) is 0 Å². The van der Waals surface area contributed by atoms with Gasteiger partial charge in [-0.2, -0.15) is 0 Å². The normalized spacial score (nSPS) is 11.7.